The van der Waals surface area contributed by atoms with Gasteiger partial charge in [0.15, 0.2) is 17.3 Å². The van der Waals surface area contributed by atoms with Crippen LogP contribution in [0.2, 0.25) is 0 Å². The number of rotatable bonds is 9. The van der Waals surface area contributed by atoms with Gasteiger partial charge in [0.2, 0.25) is 5.95 Å². The molecular formula is C22H27N5O2. The zero-order valence-corrected chi connectivity index (χ0v) is 17.3. The minimum Gasteiger partial charge on any atom is -0.493 e. The summed E-state index contributed by atoms with van der Waals surface area (Å²) in [7, 11) is 3.26. The summed E-state index contributed by atoms with van der Waals surface area (Å²) in [5.41, 5.74) is 3.39. The van der Waals surface area contributed by atoms with Crippen molar-refractivity contribution < 1.29 is 9.47 Å². The molecule has 0 bridgehead atoms. The van der Waals surface area contributed by atoms with E-state index in [-0.39, 0.29) is 0 Å². The van der Waals surface area contributed by atoms with Gasteiger partial charge in [-0.1, -0.05) is 38.1 Å². The molecule has 0 unspecified atom stereocenters. The molecule has 29 heavy (non-hydrogen) atoms. The fourth-order valence-electron chi connectivity index (χ4n) is 3.05. The molecule has 0 amide bonds. The minimum absolute atomic E-state index is 0.410. The molecule has 0 saturated carbocycles. The Balaban J connectivity index is 1.62. The Morgan fingerprint density at radius 3 is 2.55 bits per heavy atom. The predicted molar refractivity (Wildman–Crippen MR) is 115 cm³/mol. The molecule has 0 aliphatic heterocycles. The molecule has 152 valence electrons. The lowest BCUT2D eigenvalue weighted by atomic mass is 10.0. The highest BCUT2D eigenvalue weighted by Crippen LogP contribution is 2.28. The molecule has 2 aromatic carbocycles. The van der Waals surface area contributed by atoms with Gasteiger partial charge >= 0.3 is 0 Å². The largest absolute Gasteiger partial charge is 0.493 e. The van der Waals surface area contributed by atoms with Crippen LogP contribution < -0.4 is 20.1 Å². The summed E-state index contributed by atoms with van der Waals surface area (Å²) in [5, 5.41) is 14.7. The normalized spacial score (nSPS) is 10.7. The summed E-state index contributed by atoms with van der Waals surface area (Å²) in [6.45, 7) is 5.00. The molecule has 0 aliphatic rings. The SMILES string of the molecule is COc1ccc(CCNc2nncc(Nc3ccccc3C(C)C)n2)cc1OC. The summed E-state index contributed by atoms with van der Waals surface area (Å²) in [5.74, 6) is 2.99. The Labute approximate surface area is 171 Å². The highest BCUT2D eigenvalue weighted by molar-refractivity contribution is 5.61. The summed E-state index contributed by atoms with van der Waals surface area (Å²) in [6.07, 6.45) is 2.41. The molecule has 0 aliphatic carbocycles. The third-order valence-corrected chi connectivity index (χ3v) is 4.55. The number of para-hydroxylation sites is 1. The highest BCUT2D eigenvalue weighted by atomic mass is 16.5. The third-order valence-electron chi connectivity index (χ3n) is 4.55. The number of hydrogen-bond donors (Lipinski definition) is 2. The van der Waals surface area contributed by atoms with E-state index in [0.29, 0.717) is 24.2 Å². The van der Waals surface area contributed by atoms with Crippen molar-refractivity contribution in [1.29, 1.82) is 0 Å². The zero-order valence-electron chi connectivity index (χ0n) is 17.3. The molecule has 1 heterocycles. The average molecular weight is 393 g/mol. The molecule has 0 fully saturated rings. The van der Waals surface area contributed by atoms with E-state index in [1.165, 1.54) is 5.56 Å². The summed E-state index contributed by atoms with van der Waals surface area (Å²) in [4.78, 5) is 4.52. The van der Waals surface area contributed by atoms with E-state index in [9.17, 15) is 0 Å². The van der Waals surface area contributed by atoms with Crippen molar-refractivity contribution in [2.24, 2.45) is 0 Å². The van der Waals surface area contributed by atoms with Crippen LogP contribution in [0.3, 0.4) is 0 Å². The van der Waals surface area contributed by atoms with Crippen LogP contribution in [-0.4, -0.2) is 35.9 Å². The molecule has 3 rings (SSSR count). The van der Waals surface area contributed by atoms with E-state index in [4.69, 9.17) is 9.47 Å². The first-order valence-corrected chi connectivity index (χ1v) is 9.61. The van der Waals surface area contributed by atoms with E-state index in [2.05, 4.69) is 45.7 Å². The molecule has 7 heteroatoms. The van der Waals surface area contributed by atoms with Crippen molar-refractivity contribution in [2.75, 3.05) is 31.4 Å². The van der Waals surface area contributed by atoms with Gasteiger partial charge in [0.05, 0.1) is 20.4 Å². The number of aromatic nitrogens is 3. The second-order valence-electron chi connectivity index (χ2n) is 6.90. The summed E-state index contributed by atoms with van der Waals surface area (Å²) in [6, 6.07) is 14.1. The number of methoxy groups -OCH3 is 2. The van der Waals surface area contributed by atoms with Gasteiger partial charge in [-0.25, -0.2) is 0 Å². The van der Waals surface area contributed by atoms with Crippen LogP contribution in [0.1, 0.15) is 30.9 Å². The first-order chi connectivity index (χ1) is 14.1. The van der Waals surface area contributed by atoms with Crippen LogP contribution in [0.25, 0.3) is 0 Å². The number of ether oxygens (including phenoxy) is 2. The Kier molecular flexibility index (Phi) is 6.84. The maximum atomic E-state index is 5.35. The maximum Gasteiger partial charge on any atom is 0.244 e. The van der Waals surface area contributed by atoms with Gasteiger partial charge < -0.3 is 20.1 Å². The molecule has 3 aromatic rings. The van der Waals surface area contributed by atoms with E-state index < -0.39 is 0 Å². The monoisotopic (exact) mass is 393 g/mol. The van der Waals surface area contributed by atoms with E-state index in [1.807, 2.05) is 36.4 Å². The van der Waals surface area contributed by atoms with E-state index in [0.717, 1.165) is 29.2 Å². The Bertz CT molecular complexity index is 946. The first-order valence-electron chi connectivity index (χ1n) is 9.61. The lowest BCUT2D eigenvalue weighted by Crippen LogP contribution is -2.10. The Hall–Kier alpha value is -3.35. The van der Waals surface area contributed by atoms with Crippen molar-refractivity contribution in [3.8, 4) is 11.5 Å². The van der Waals surface area contributed by atoms with E-state index in [1.54, 1.807) is 20.4 Å². The number of nitrogens with one attached hydrogen (secondary N) is 2. The molecule has 0 radical (unpaired) electrons. The minimum atomic E-state index is 0.410. The quantitative estimate of drug-likeness (QED) is 0.557. The van der Waals surface area contributed by atoms with Crippen LogP contribution in [0.4, 0.5) is 17.5 Å². The molecule has 0 saturated heterocycles. The van der Waals surface area contributed by atoms with Crippen molar-refractivity contribution in [1.82, 2.24) is 15.2 Å². The third kappa shape index (κ3) is 5.34. The van der Waals surface area contributed by atoms with Gasteiger partial charge in [-0.2, -0.15) is 10.1 Å². The molecule has 7 nitrogen and oxygen atoms in total. The lowest BCUT2D eigenvalue weighted by molar-refractivity contribution is 0.354. The van der Waals surface area contributed by atoms with Crippen molar-refractivity contribution >= 4 is 17.5 Å². The summed E-state index contributed by atoms with van der Waals surface area (Å²) >= 11 is 0. The van der Waals surface area contributed by atoms with Gasteiger partial charge in [-0.3, -0.25) is 0 Å². The molecule has 0 spiro atoms. The summed E-state index contributed by atoms with van der Waals surface area (Å²) < 4.78 is 10.6. The van der Waals surface area contributed by atoms with Crippen LogP contribution in [0.5, 0.6) is 11.5 Å². The average Bonchev–Trinajstić information content (AvgIpc) is 2.74. The number of nitrogens with zero attached hydrogens (tertiary/aromatic N) is 3. The zero-order chi connectivity index (χ0) is 20.6. The number of benzene rings is 2. The van der Waals surface area contributed by atoms with Gasteiger partial charge in [-0.15, -0.1) is 5.10 Å². The first kappa shape index (κ1) is 20.4. The standard InChI is InChI=1S/C22H27N5O2/c1-15(2)17-7-5-6-8-18(17)25-21-14-24-27-22(26-21)23-12-11-16-9-10-19(28-3)20(13-16)29-4/h5-10,13-15H,11-12H2,1-4H3,(H2,23,25,26,27). The second-order valence-corrected chi connectivity index (χ2v) is 6.90. The Morgan fingerprint density at radius 2 is 1.79 bits per heavy atom. The second kappa shape index (κ2) is 9.73. The fraction of sp³-hybridized carbons (Fsp3) is 0.318. The van der Waals surface area contributed by atoms with Crippen LogP contribution in [0, 0.1) is 0 Å². The molecular weight excluding hydrogens is 366 g/mol. The maximum absolute atomic E-state index is 5.35. The van der Waals surface area contributed by atoms with Crippen LogP contribution in [0.15, 0.2) is 48.7 Å². The number of anilines is 3. The molecule has 1 aromatic heterocycles. The van der Waals surface area contributed by atoms with Gasteiger partial charge in [0.25, 0.3) is 0 Å². The molecule has 0 atom stereocenters. The van der Waals surface area contributed by atoms with Gasteiger partial charge in [-0.05, 0) is 41.7 Å². The topological polar surface area (TPSA) is 81.2 Å². The van der Waals surface area contributed by atoms with E-state index >= 15 is 0 Å². The smallest absolute Gasteiger partial charge is 0.244 e. The van der Waals surface area contributed by atoms with Crippen LogP contribution >= 0.6 is 0 Å². The van der Waals surface area contributed by atoms with Gasteiger partial charge in [0, 0.05) is 12.2 Å². The highest BCUT2D eigenvalue weighted by Gasteiger charge is 2.08. The number of hydrogen-bond acceptors (Lipinski definition) is 7. The lowest BCUT2D eigenvalue weighted by Gasteiger charge is -2.14. The fourth-order valence-corrected chi connectivity index (χ4v) is 3.05. The Morgan fingerprint density at radius 1 is 1.00 bits per heavy atom. The van der Waals surface area contributed by atoms with Crippen molar-refractivity contribution in [2.45, 2.75) is 26.2 Å². The molecule has 2 N–H and O–H groups in total. The van der Waals surface area contributed by atoms with Crippen molar-refractivity contribution in [3.05, 3.63) is 59.8 Å². The predicted octanol–water partition coefficient (Wildman–Crippen LogP) is 4.41. The van der Waals surface area contributed by atoms with Crippen molar-refractivity contribution in [3.63, 3.8) is 0 Å². The van der Waals surface area contributed by atoms with Gasteiger partial charge in [0.1, 0.15) is 0 Å². The van der Waals surface area contributed by atoms with Crippen LogP contribution in [-0.2, 0) is 6.42 Å².